The Morgan fingerprint density at radius 2 is 1.71 bits per heavy atom. The number of hydrogen-bond donors (Lipinski definition) is 0. The molecule has 0 aliphatic heterocycles. The summed E-state index contributed by atoms with van der Waals surface area (Å²) in [7, 11) is 0. The smallest absolute Gasteiger partial charge is 0.0842 e. The van der Waals surface area contributed by atoms with Crippen molar-refractivity contribution in [2.75, 3.05) is 6.61 Å². The van der Waals surface area contributed by atoms with Gasteiger partial charge in [0, 0.05) is 0 Å². The van der Waals surface area contributed by atoms with Gasteiger partial charge in [0.05, 0.1) is 18.0 Å². The second kappa shape index (κ2) is 9.62. The van der Waals surface area contributed by atoms with Crippen molar-refractivity contribution < 1.29 is 12.9 Å². The topological polar surface area (TPSA) is 49.4 Å². The van der Waals surface area contributed by atoms with Gasteiger partial charge in [0.25, 0.3) is 0 Å². The second-order valence-corrected chi connectivity index (χ2v) is 4.62. The van der Waals surface area contributed by atoms with Crippen LogP contribution in [0.5, 0.6) is 0 Å². The molecule has 14 heavy (non-hydrogen) atoms. The first kappa shape index (κ1) is 14.1. The molecule has 0 aromatic heterocycles. The molecule has 0 aromatic rings. The van der Waals surface area contributed by atoms with Crippen LogP contribution in [-0.2, 0) is 15.5 Å². The van der Waals surface area contributed by atoms with Crippen molar-refractivity contribution >= 4 is 11.4 Å². The van der Waals surface area contributed by atoms with Crippen molar-refractivity contribution in [1.82, 2.24) is 0 Å². The Kier molecular flexibility index (Phi) is 9.67. The lowest BCUT2D eigenvalue weighted by molar-refractivity contribution is 0.290. The highest BCUT2D eigenvalue weighted by Crippen LogP contribution is 2.10. The zero-order valence-electron chi connectivity index (χ0n) is 9.16. The van der Waals surface area contributed by atoms with Crippen LogP contribution in [0.2, 0.25) is 0 Å². The fourth-order valence-corrected chi connectivity index (χ4v) is 1.57. The minimum absolute atomic E-state index is 0.334. The van der Waals surface area contributed by atoms with Crippen LogP contribution in [0.1, 0.15) is 52.4 Å². The zero-order valence-corrected chi connectivity index (χ0v) is 9.98. The fraction of sp³-hybridized carbons (Fsp3) is 1.00. The Morgan fingerprint density at radius 3 is 2.29 bits per heavy atom. The van der Waals surface area contributed by atoms with Gasteiger partial charge in [-0.25, -0.2) is 4.21 Å². The third-order valence-electron chi connectivity index (χ3n) is 2.11. The summed E-state index contributed by atoms with van der Waals surface area (Å²) in [6, 6.07) is 0. The number of rotatable bonds is 9. The molecule has 0 heterocycles. The third kappa shape index (κ3) is 12.1. The Hall–Kier alpha value is 0.0700. The zero-order chi connectivity index (χ0) is 10.8. The lowest BCUT2D eigenvalue weighted by Gasteiger charge is -2.06. The molecule has 1 atom stereocenters. The van der Waals surface area contributed by atoms with E-state index in [4.69, 9.17) is 0 Å². The van der Waals surface area contributed by atoms with E-state index in [0.717, 1.165) is 18.8 Å². The van der Waals surface area contributed by atoms with Crippen LogP contribution >= 0.6 is 0 Å². The summed E-state index contributed by atoms with van der Waals surface area (Å²) < 4.78 is 24.4. The Labute approximate surface area is 89.7 Å². The van der Waals surface area contributed by atoms with E-state index in [2.05, 4.69) is 18.0 Å². The normalized spacial score (nSPS) is 13.4. The summed E-state index contributed by atoms with van der Waals surface area (Å²) in [5, 5.41) is 0. The summed E-state index contributed by atoms with van der Waals surface area (Å²) >= 11 is -2.33. The summed E-state index contributed by atoms with van der Waals surface area (Å²) in [4.78, 5) is 0. The second-order valence-electron chi connectivity index (χ2n) is 3.98. The molecular weight excluding hydrogens is 200 g/mol. The van der Waals surface area contributed by atoms with Crippen LogP contribution in [0, 0.1) is 5.92 Å². The molecule has 0 aliphatic rings. The van der Waals surface area contributed by atoms with E-state index in [0.29, 0.717) is 6.61 Å². The molecule has 0 spiro atoms. The summed E-state index contributed by atoms with van der Waals surface area (Å²) in [6.45, 7) is 4.80. The lowest BCUT2D eigenvalue weighted by atomic mass is 10.0. The monoisotopic (exact) mass is 221 g/mol. The van der Waals surface area contributed by atoms with Gasteiger partial charge in [-0.2, -0.15) is 0 Å². The quantitative estimate of drug-likeness (QED) is 0.444. The van der Waals surface area contributed by atoms with Gasteiger partial charge < -0.3 is 8.74 Å². The van der Waals surface area contributed by atoms with Gasteiger partial charge in [0.1, 0.15) is 0 Å². The van der Waals surface area contributed by atoms with Gasteiger partial charge in [-0.15, -0.1) is 0 Å². The Balaban J connectivity index is 2.96. The van der Waals surface area contributed by atoms with E-state index >= 15 is 0 Å². The number of hydrogen-bond acceptors (Lipinski definition) is 3. The summed E-state index contributed by atoms with van der Waals surface area (Å²) in [6.07, 6.45) is 6.91. The molecule has 1 unspecified atom stereocenters. The van der Waals surface area contributed by atoms with Crippen molar-refractivity contribution in [3.8, 4) is 0 Å². The summed E-state index contributed by atoms with van der Waals surface area (Å²) in [5.74, 6) is 0.793. The van der Waals surface area contributed by atoms with Crippen molar-refractivity contribution in [1.29, 1.82) is 0 Å². The molecule has 86 valence electrons. The maximum absolute atomic E-state index is 9.99. The fourth-order valence-electron chi connectivity index (χ4n) is 1.31. The van der Waals surface area contributed by atoms with Gasteiger partial charge >= 0.3 is 0 Å². The van der Waals surface area contributed by atoms with Crippen LogP contribution in [0.25, 0.3) is 0 Å². The molecule has 0 N–H and O–H groups in total. The first-order valence-electron chi connectivity index (χ1n) is 5.35. The first-order valence-corrected chi connectivity index (χ1v) is 6.35. The highest BCUT2D eigenvalue weighted by Gasteiger charge is 1.94. The van der Waals surface area contributed by atoms with Crippen LogP contribution in [0.4, 0.5) is 0 Å². The Morgan fingerprint density at radius 1 is 1.14 bits per heavy atom. The van der Waals surface area contributed by atoms with Crippen LogP contribution in [0.15, 0.2) is 0 Å². The van der Waals surface area contributed by atoms with Crippen molar-refractivity contribution in [2.24, 2.45) is 5.92 Å². The van der Waals surface area contributed by atoms with Crippen molar-refractivity contribution in [3.63, 3.8) is 0 Å². The van der Waals surface area contributed by atoms with Crippen LogP contribution in [0.3, 0.4) is 0 Å². The lowest BCUT2D eigenvalue weighted by Crippen LogP contribution is -1.97. The van der Waals surface area contributed by atoms with Gasteiger partial charge in [-0.3, -0.25) is 0 Å². The van der Waals surface area contributed by atoms with Gasteiger partial charge in [-0.1, -0.05) is 46.0 Å². The molecule has 0 saturated heterocycles. The Bertz CT molecular complexity index is 148. The van der Waals surface area contributed by atoms with E-state index in [1.165, 1.54) is 25.7 Å². The highest BCUT2D eigenvalue weighted by molar-refractivity contribution is 7.74. The molecule has 0 aliphatic carbocycles. The molecule has 0 rings (SSSR count). The SMILES string of the molecule is CC(C)CCCCCCCOS(=O)[O-]. The van der Waals surface area contributed by atoms with Crippen molar-refractivity contribution in [3.05, 3.63) is 0 Å². The average molecular weight is 221 g/mol. The largest absolute Gasteiger partial charge is 0.750 e. The predicted molar refractivity (Wildman–Crippen MR) is 57.4 cm³/mol. The predicted octanol–water partition coefficient (Wildman–Crippen LogP) is 2.79. The van der Waals surface area contributed by atoms with E-state index in [9.17, 15) is 8.76 Å². The minimum Gasteiger partial charge on any atom is -0.750 e. The van der Waals surface area contributed by atoms with E-state index < -0.39 is 11.4 Å². The van der Waals surface area contributed by atoms with Crippen LogP contribution < -0.4 is 0 Å². The standard InChI is InChI=1S/C10H22O3S/c1-10(2)8-6-4-3-5-7-9-13-14(11)12/h10H,3-9H2,1-2H3,(H,11,12)/p-1. The molecule has 0 saturated carbocycles. The van der Waals surface area contributed by atoms with Gasteiger partial charge in [0.2, 0.25) is 0 Å². The molecule has 4 heteroatoms. The van der Waals surface area contributed by atoms with E-state index in [1.807, 2.05) is 0 Å². The van der Waals surface area contributed by atoms with Crippen LogP contribution in [-0.4, -0.2) is 15.4 Å². The third-order valence-corrected chi connectivity index (χ3v) is 2.46. The number of unbranched alkanes of at least 4 members (excludes halogenated alkanes) is 4. The van der Waals surface area contributed by atoms with E-state index in [-0.39, 0.29) is 0 Å². The van der Waals surface area contributed by atoms with Gasteiger partial charge in [-0.05, 0) is 12.3 Å². The highest BCUT2D eigenvalue weighted by atomic mass is 32.2. The molecule has 0 fully saturated rings. The molecule has 3 nitrogen and oxygen atoms in total. The maximum Gasteiger partial charge on any atom is 0.0842 e. The van der Waals surface area contributed by atoms with Gasteiger partial charge in [0.15, 0.2) is 0 Å². The average Bonchev–Trinajstić information content (AvgIpc) is 2.08. The molecule has 0 aromatic carbocycles. The minimum atomic E-state index is -2.33. The maximum atomic E-state index is 9.99. The summed E-state index contributed by atoms with van der Waals surface area (Å²) in [5.41, 5.74) is 0. The van der Waals surface area contributed by atoms with E-state index in [1.54, 1.807) is 0 Å². The van der Waals surface area contributed by atoms with Crippen molar-refractivity contribution in [2.45, 2.75) is 52.4 Å². The first-order chi connectivity index (χ1) is 6.63. The molecule has 0 amide bonds. The molecule has 0 bridgehead atoms. The molecule has 0 radical (unpaired) electrons. The molecular formula is C10H21O3S-.